The molecule has 2 aromatic rings. The molecule has 0 radical (unpaired) electrons. The van der Waals surface area contributed by atoms with Crippen LogP contribution < -0.4 is 10.9 Å². The summed E-state index contributed by atoms with van der Waals surface area (Å²) in [5.74, 6) is 0.419. The molecule has 2 heterocycles. The zero-order valence-electron chi connectivity index (χ0n) is 11.2. The summed E-state index contributed by atoms with van der Waals surface area (Å²) in [4.78, 5) is 20.5. The van der Waals surface area contributed by atoms with Crippen LogP contribution in [0.3, 0.4) is 0 Å². The predicted octanol–water partition coefficient (Wildman–Crippen LogP) is 2.07. The number of rotatable bonds is 6. The van der Waals surface area contributed by atoms with Gasteiger partial charge in [-0.2, -0.15) is 0 Å². The lowest BCUT2D eigenvalue weighted by Crippen LogP contribution is -2.25. The van der Waals surface area contributed by atoms with Crippen molar-refractivity contribution in [2.45, 2.75) is 33.2 Å². The lowest BCUT2D eigenvalue weighted by atomic mass is 10.3. The molecule has 102 valence electrons. The molecule has 1 N–H and O–H groups in total. The van der Waals surface area contributed by atoms with E-state index in [4.69, 9.17) is 0 Å². The number of hydrogen-bond acceptors (Lipinski definition) is 5. The van der Waals surface area contributed by atoms with Crippen LogP contribution in [0.1, 0.15) is 24.0 Å². The van der Waals surface area contributed by atoms with Gasteiger partial charge in [0.1, 0.15) is 0 Å². The molecule has 0 amide bonds. The van der Waals surface area contributed by atoms with Crippen LogP contribution in [0, 0.1) is 6.92 Å². The van der Waals surface area contributed by atoms with E-state index in [2.05, 4.69) is 15.3 Å². The molecule has 0 atom stereocenters. The van der Waals surface area contributed by atoms with Crippen molar-refractivity contribution in [3.63, 3.8) is 0 Å². The summed E-state index contributed by atoms with van der Waals surface area (Å²) >= 11 is 1.64. The lowest BCUT2D eigenvalue weighted by molar-refractivity contribution is 0.649. The minimum Gasteiger partial charge on any atom is -0.365 e. The second-order valence-corrected chi connectivity index (χ2v) is 5.37. The van der Waals surface area contributed by atoms with E-state index in [1.165, 1.54) is 0 Å². The van der Waals surface area contributed by atoms with Crippen molar-refractivity contribution in [2.24, 2.45) is 0 Å². The van der Waals surface area contributed by atoms with Crippen LogP contribution >= 0.6 is 11.3 Å². The highest BCUT2D eigenvalue weighted by Crippen LogP contribution is 2.08. The quantitative estimate of drug-likeness (QED) is 0.879. The zero-order valence-corrected chi connectivity index (χ0v) is 12.0. The second kappa shape index (κ2) is 6.47. The average Bonchev–Trinajstić information content (AvgIpc) is 2.80. The highest BCUT2D eigenvalue weighted by Gasteiger charge is 2.04. The minimum atomic E-state index is -0.0567. The number of hydrogen-bond donors (Lipinski definition) is 1. The zero-order chi connectivity index (χ0) is 13.7. The first-order valence-electron chi connectivity index (χ1n) is 6.41. The largest absolute Gasteiger partial charge is 0.365 e. The van der Waals surface area contributed by atoms with Crippen LogP contribution in [0.2, 0.25) is 0 Å². The predicted molar refractivity (Wildman–Crippen MR) is 77.8 cm³/mol. The molecule has 0 aliphatic carbocycles. The first kappa shape index (κ1) is 13.7. The summed E-state index contributed by atoms with van der Waals surface area (Å²) in [5.41, 5.74) is 0.999. The topological polar surface area (TPSA) is 59.8 Å². The minimum absolute atomic E-state index is 0.0567. The number of anilines is 1. The van der Waals surface area contributed by atoms with Gasteiger partial charge in [-0.25, -0.2) is 9.97 Å². The van der Waals surface area contributed by atoms with E-state index in [0.29, 0.717) is 12.4 Å². The van der Waals surface area contributed by atoms with E-state index in [0.717, 1.165) is 30.1 Å². The SMILES string of the molecule is CCCn1ccnc(NCCc2csc(C)n2)c1=O. The Morgan fingerprint density at radius 2 is 2.32 bits per heavy atom. The third-order valence-corrected chi connectivity index (χ3v) is 3.54. The molecular formula is C13H18N4OS. The summed E-state index contributed by atoms with van der Waals surface area (Å²) in [6.45, 7) is 5.43. The van der Waals surface area contributed by atoms with Crippen molar-refractivity contribution in [1.29, 1.82) is 0 Å². The number of nitrogens with one attached hydrogen (secondary N) is 1. The molecule has 0 saturated carbocycles. The fourth-order valence-corrected chi connectivity index (χ4v) is 2.46. The summed E-state index contributed by atoms with van der Waals surface area (Å²) in [6.07, 6.45) is 5.11. The normalized spacial score (nSPS) is 10.6. The molecule has 2 aromatic heterocycles. The van der Waals surface area contributed by atoms with Crippen molar-refractivity contribution in [3.05, 3.63) is 38.8 Å². The number of thiazole rings is 1. The van der Waals surface area contributed by atoms with Crippen LogP contribution in [0.5, 0.6) is 0 Å². The number of aromatic nitrogens is 3. The first-order chi connectivity index (χ1) is 9.20. The maximum Gasteiger partial charge on any atom is 0.293 e. The van der Waals surface area contributed by atoms with Gasteiger partial charge in [0.05, 0.1) is 10.7 Å². The summed E-state index contributed by atoms with van der Waals surface area (Å²) in [6, 6.07) is 0. The average molecular weight is 278 g/mol. The molecular weight excluding hydrogens is 260 g/mol. The standard InChI is InChI=1S/C13H18N4OS/c1-3-7-17-8-6-15-12(13(17)18)14-5-4-11-9-19-10(2)16-11/h6,8-9H,3-5,7H2,1-2H3,(H,14,15). The third kappa shape index (κ3) is 3.64. The lowest BCUT2D eigenvalue weighted by Gasteiger charge is -2.07. The van der Waals surface area contributed by atoms with Crippen molar-refractivity contribution in [1.82, 2.24) is 14.5 Å². The van der Waals surface area contributed by atoms with Gasteiger partial charge in [-0.15, -0.1) is 11.3 Å². The van der Waals surface area contributed by atoms with Crippen LogP contribution in [0.15, 0.2) is 22.6 Å². The maximum absolute atomic E-state index is 12.0. The van der Waals surface area contributed by atoms with Crippen molar-refractivity contribution < 1.29 is 0 Å². The van der Waals surface area contributed by atoms with Gasteiger partial charge in [-0.05, 0) is 13.3 Å². The molecule has 19 heavy (non-hydrogen) atoms. The van der Waals surface area contributed by atoms with Crippen LogP contribution in [-0.4, -0.2) is 21.1 Å². The van der Waals surface area contributed by atoms with Crippen molar-refractivity contribution in [2.75, 3.05) is 11.9 Å². The molecule has 0 unspecified atom stereocenters. The molecule has 2 rings (SSSR count). The molecule has 6 heteroatoms. The smallest absolute Gasteiger partial charge is 0.293 e. The molecule has 0 aliphatic rings. The summed E-state index contributed by atoms with van der Waals surface area (Å²) < 4.78 is 1.68. The van der Waals surface area contributed by atoms with Gasteiger partial charge >= 0.3 is 0 Å². The fraction of sp³-hybridized carbons (Fsp3) is 0.462. The van der Waals surface area contributed by atoms with Gasteiger partial charge in [-0.1, -0.05) is 6.92 Å². The van der Waals surface area contributed by atoms with E-state index >= 15 is 0 Å². The van der Waals surface area contributed by atoms with E-state index in [1.807, 2.05) is 19.2 Å². The third-order valence-electron chi connectivity index (χ3n) is 2.72. The van der Waals surface area contributed by atoms with E-state index < -0.39 is 0 Å². The van der Waals surface area contributed by atoms with Crippen LogP contribution in [0.4, 0.5) is 5.82 Å². The Morgan fingerprint density at radius 1 is 1.47 bits per heavy atom. The highest BCUT2D eigenvalue weighted by molar-refractivity contribution is 7.09. The summed E-state index contributed by atoms with van der Waals surface area (Å²) in [7, 11) is 0. The molecule has 0 bridgehead atoms. The molecule has 0 aliphatic heterocycles. The van der Waals surface area contributed by atoms with Gasteiger partial charge in [0, 0.05) is 37.3 Å². The van der Waals surface area contributed by atoms with E-state index in [9.17, 15) is 4.79 Å². The Kier molecular flexibility index (Phi) is 4.68. The molecule has 5 nitrogen and oxygen atoms in total. The molecule has 0 spiro atoms. The number of aryl methyl sites for hydroxylation is 2. The van der Waals surface area contributed by atoms with Gasteiger partial charge in [0.15, 0.2) is 5.82 Å². The van der Waals surface area contributed by atoms with Gasteiger partial charge < -0.3 is 9.88 Å². The van der Waals surface area contributed by atoms with E-state index in [1.54, 1.807) is 28.3 Å². The Labute approximate surface area is 116 Å². The Morgan fingerprint density at radius 3 is 3.00 bits per heavy atom. The van der Waals surface area contributed by atoms with Crippen molar-refractivity contribution >= 4 is 17.2 Å². The van der Waals surface area contributed by atoms with Crippen LogP contribution in [-0.2, 0) is 13.0 Å². The van der Waals surface area contributed by atoms with Gasteiger partial charge in [0.2, 0.25) is 0 Å². The molecule has 0 fully saturated rings. The Bertz CT molecular complexity index is 590. The monoisotopic (exact) mass is 278 g/mol. The summed E-state index contributed by atoms with van der Waals surface area (Å²) in [5, 5.41) is 6.20. The second-order valence-electron chi connectivity index (χ2n) is 4.31. The maximum atomic E-state index is 12.0. The van der Waals surface area contributed by atoms with E-state index in [-0.39, 0.29) is 5.56 Å². The van der Waals surface area contributed by atoms with Gasteiger partial charge in [0.25, 0.3) is 5.56 Å². The Hall–Kier alpha value is -1.69. The van der Waals surface area contributed by atoms with Crippen molar-refractivity contribution in [3.8, 4) is 0 Å². The number of nitrogens with zero attached hydrogens (tertiary/aromatic N) is 3. The highest BCUT2D eigenvalue weighted by atomic mass is 32.1. The van der Waals surface area contributed by atoms with Crippen LogP contribution in [0.25, 0.3) is 0 Å². The molecule has 0 aromatic carbocycles. The Balaban J connectivity index is 1.96. The van der Waals surface area contributed by atoms with Gasteiger partial charge in [-0.3, -0.25) is 4.79 Å². The molecule has 0 saturated heterocycles. The first-order valence-corrected chi connectivity index (χ1v) is 7.29. The fourth-order valence-electron chi connectivity index (χ4n) is 1.82.